The van der Waals surface area contributed by atoms with E-state index in [9.17, 15) is 18.0 Å². The van der Waals surface area contributed by atoms with Crippen molar-refractivity contribution in [1.82, 2.24) is 5.32 Å². The molecule has 2 N–H and O–H groups in total. The van der Waals surface area contributed by atoms with E-state index >= 15 is 0 Å². The van der Waals surface area contributed by atoms with Gasteiger partial charge in [0.15, 0.2) is 0 Å². The molecule has 2 aromatic rings. The maximum absolute atomic E-state index is 12.7. The molecule has 0 unspecified atom stereocenters. The molecule has 0 radical (unpaired) electrons. The summed E-state index contributed by atoms with van der Waals surface area (Å²) in [6.07, 6.45) is 0. The molecule has 27 heavy (non-hydrogen) atoms. The van der Waals surface area contributed by atoms with E-state index in [1.165, 1.54) is 38.3 Å². The fourth-order valence-corrected chi connectivity index (χ4v) is 3.83. The van der Waals surface area contributed by atoms with Gasteiger partial charge in [0, 0.05) is 10.0 Å². The van der Waals surface area contributed by atoms with Gasteiger partial charge in [-0.2, -0.15) is 0 Å². The number of rotatable bonds is 6. The molecule has 0 saturated heterocycles. The Bertz CT molecular complexity index is 975. The summed E-state index contributed by atoms with van der Waals surface area (Å²) in [6.45, 7) is 3.32. The number of nitrogens with one attached hydrogen (secondary N) is 2. The number of aryl methyl sites for hydroxylation is 1. The molecule has 0 aromatic heterocycles. The average molecular weight is 455 g/mol. The number of carbonyl (C=O) groups excluding carboxylic acids is 2. The molecule has 1 amide bonds. The summed E-state index contributed by atoms with van der Waals surface area (Å²) in [7, 11) is -2.69. The fraction of sp³-hybridized carbons (Fsp3) is 0.222. The van der Waals surface area contributed by atoms with Crippen LogP contribution in [0.2, 0.25) is 0 Å². The van der Waals surface area contributed by atoms with Crippen LogP contribution in [0.15, 0.2) is 51.8 Å². The number of carbonyl (C=O) groups is 2. The maximum Gasteiger partial charge on any atom is 0.328 e. The first-order chi connectivity index (χ1) is 12.6. The molecular weight excluding hydrogens is 436 g/mol. The number of anilines is 1. The van der Waals surface area contributed by atoms with Gasteiger partial charge in [-0.05, 0) is 65.7 Å². The van der Waals surface area contributed by atoms with Crippen LogP contribution < -0.4 is 10.0 Å². The van der Waals surface area contributed by atoms with Crippen molar-refractivity contribution < 1.29 is 22.7 Å². The van der Waals surface area contributed by atoms with E-state index in [1.54, 1.807) is 12.1 Å². The van der Waals surface area contributed by atoms with Crippen LogP contribution in [0, 0.1) is 6.92 Å². The molecule has 144 valence electrons. The van der Waals surface area contributed by atoms with Crippen LogP contribution in [0.5, 0.6) is 0 Å². The SMILES string of the molecule is COC(=O)[C@@H](C)NC(=O)c1cccc(S(=O)(=O)Nc2cc(C)ccc2Br)c1. The predicted octanol–water partition coefficient (Wildman–Crippen LogP) is 2.85. The lowest BCUT2D eigenvalue weighted by Crippen LogP contribution is -2.39. The molecule has 0 saturated carbocycles. The number of esters is 1. The minimum Gasteiger partial charge on any atom is -0.467 e. The average Bonchev–Trinajstić information content (AvgIpc) is 2.63. The lowest BCUT2D eigenvalue weighted by molar-refractivity contribution is -0.142. The van der Waals surface area contributed by atoms with Crippen LogP contribution in [0.4, 0.5) is 5.69 Å². The van der Waals surface area contributed by atoms with Gasteiger partial charge in [-0.15, -0.1) is 0 Å². The van der Waals surface area contributed by atoms with Crippen LogP contribution in [0.25, 0.3) is 0 Å². The smallest absolute Gasteiger partial charge is 0.328 e. The van der Waals surface area contributed by atoms with Gasteiger partial charge in [0.2, 0.25) is 0 Å². The highest BCUT2D eigenvalue weighted by molar-refractivity contribution is 9.10. The second kappa shape index (κ2) is 8.53. The summed E-state index contributed by atoms with van der Waals surface area (Å²) in [5.41, 5.74) is 1.39. The normalized spacial score (nSPS) is 12.1. The number of methoxy groups -OCH3 is 1. The maximum atomic E-state index is 12.7. The highest BCUT2D eigenvalue weighted by Crippen LogP contribution is 2.26. The number of amides is 1. The van der Waals surface area contributed by atoms with E-state index in [0.717, 1.165) is 5.56 Å². The van der Waals surface area contributed by atoms with Gasteiger partial charge in [-0.1, -0.05) is 12.1 Å². The summed E-state index contributed by atoms with van der Waals surface area (Å²) in [6, 6.07) is 9.96. The fourth-order valence-electron chi connectivity index (χ4n) is 2.24. The van der Waals surface area contributed by atoms with Crippen LogP contribution in [0.3, 0.4) is 0 Å². The zero-order valence-electron chi connectivity index (χ0n) is 14.9. The molecule has 0 fully saturated rings. The Hall–Kier alpha value is -2.39. The number of hydrogen-bond donors (Lipinski definition) is 2. The van der Waals surface area contributed by atoms with E-state index in [-0.39, 0.29) is 10.5 Å². The number of halogens is 1. The molecular formula is C18H19BrN2O5S. The molecule has 0 aliphatic carbocycles. The summed E-state index contributed by atoms with van der Waals surface area (Å²) in [5.74, 6) is -1.18. The third-order valence-corrected chi connectivity index (χ3v) is 5.73. The van der Waals surface area contributed by atoms with Crippen molar-refractivity contribution in [2.24, 2.45) is 0 Å². The van der Waals surface area contributed by atoms with Gasteiger partial charge in [0.25, 0.3) is 15.9 Å². The molecule has 2 aromatic carbocycles. The van der Waals surface area contributed by atoms with Crippen LogP contribution in [0.1, 0.15) is 22.8 Å². The summed E-state index contributed by atoms with van der Waals surface area (Å²) in [5, 5.41) is 2.46. The lowest BCUT2D eigenvalue weighted by atomic mass is 10.2. The molecule has 1 atom stereocenters. The standard InChI is InChI=1S/C18H19BrN2O5S/c1-11-7-8-15(19)16(9-11)21-27(24,25)14-6-4-5-13(10-14)17(22)20-12(2)18(23)26-3/h4-10,12,21H,1-3H3,(H,20,22)/t12-/m1/s1. The Balaban J connectivity index is 2.26. The van der Waals surface area contributed by atoms with Crippen molar-refractivity contribution in [3.05, 3.63) is 58.1 Å². The summed E-state index contributed by atoms with van der Waals surface area (Å²) >= 11 is 3.31. The third kappa shape index (κ3) is 5.30. The van der Waals surface area contributed by atoms with Gasteiger partial charge >= 0.3 is 5.97 Å². The van der Waals surface area contributed by atoms with E-state index < -0.39 is 27.9 Å². The van der Waals surface area contributed by atoms with Gasteiger partial charge in [0.1, 0.15) is 6.04 Å². The highest BCUT2D eigenvalue weighted by Gasteiger charge is 2.20. The number of hydrogen-bond acceptors (Lipinski definition) is 5. The molecule has 0 heterocycles. The molecule has 0 spiro atoms. The molecule has 9 heteroatoms. The second-order valence-corrected chi connectivity index (χ2v) is 8.37. The lowest BCUT2D eigenvalue weighted by Gasteiger charge is -2.13. The van der Waals surface area contributed by atoms with Crippen molar-refractivity contribution in [1.29, 1.82) is 0 Å². The van der Waals surface area contributed by atoms with Crippen molar-refractivity contribution in [3.8, 4) is 0 Å². The third-order valence-electron chi connectivity index (χ3n) is 3.68. The van der Waals surface area contributed by atoms with Gasteiger partial charge < -0.3 is 10.1 Å². The summed E-state index contributed by atoms with van der Waals surface area (Å²) in [4.78, 5) is 23.6. The van der Waals surface area contributed by atoms with Gasteiger partial charge in [0.05, 0.1) is 17.7 Å². The van der Waals surface area contributed by atoms with Crippen molar-refractivity contribution in [2.45, 2.75) is 24.8 Å². The number of sulfonamides is 1. The first-order valence-electron chi connectivity index (χ1n) is 7.92. The molecule has 0 aliphatic heterocycles. The molecule has 7 nitrogen and oxygen atoms in total. The van der Waals surface area contributed by atoms with Gasteiger partial charge in [-0.3, -0.25) is 9.52 Å². The van der Waals surface area contributed by atoms with Crippen LogP contribution in [-0.4, -0.2) is 33.4 Å². The molecule has 0 aliphatic rings. The largest absolute Gasteiger partial charge is 0.467 e. The minimum absolute atomic E-state index is 0.0747. The van der Waals surface area contributed by atoms with E-state index in [4.69, 9.17) is 0 Å². The number of benzene rings is 2. The van der Waals surface area contributed by atoms with Crippen molar-refractivity contribution >= 4 is 43.5 Å². The Labute approximate surface area is 166 Å². The molecule has 0 bridgehead atoms. The van der Waals surface area contributed by atoms with Crippen molar-refractivity contribution in [3.63, 3.8) is 0 Å². The van der Waals surface area contributed by atoms with E-state index in [0.29, 0.717) is 10.2 Å². The monoisotopic (exact) mass is 454 g/mol. The topological polar surface area (TPSA) is 102 Å². The summed E-state index contributed by atoms with van der Waals surface area (Å²) < 4.78 is 33.0. The minimum atomic E-state index is -3.91. The quantitative estimate of drug-likeness (QED) is 0.653. The first-order valence-corrected chi connectivity index (χ1v) is 10.2. The van der Waals surface area contributed by atoms with E-state index in [2.05, 4.69) is 30.7 Å². The Morgan fingerprint density at radius 3 is 2.52 bits per heavy atom. The predicted molar refractivity (Wildman–Crippen MR) is 105 cm³/mol. The van der Waals surface area contributed by atoms with Crippen molar-refractivity contribution in [2.75, 3.05) is 11.8 Å². The van der Waals surface area contributed by atoms with Crippen LogP contribution in [-0.2, 0) is 19.6 Å². The zero-order chi connectivity index (χ0) is 20.2. The Morgan fingerprint density at radius 1 is 1.15 bits per heavy atom. The molecule has 2 rings (SSSR count). The Morgan fingerprint density at radius 2 is 1.85 bits per heavy atom. The Kier molecular flexibility index (Phi) is 6.61. The first kappa shape index (κ1) is 20.9. The van der Waals surface area contributed by atoms with E-state index in [1.807, 2.05) is 13.0 Å². The highest BCUT2D eigenvalue weighted by atomic mass is 79.9. The second-order valence-electron chi connectivity index (χ2n) is 5.83. The van der Waals surface area contributed by atoms with Crippen LogP contribution >= 0.6 is 15.9 Å². The van der Waals surface area contributed by atoms with Gasteiger partial charge in [-0.25, -0.2) is 13.2 Å². The zero-order valence-corrected chi connectivity index (χ0v) is 17.3. The number of ether oxygens (including phenoxy) is 1.